The largest absolute Gasteiger partial charge is 0.313 e. The lowest BCUT2D eigenvalue weighted by molar-refractivity contribution is 0.390. The molecule has 0 fully saturated rings. The van der Waals surface area contributed by atoms with Crippen molar-refractivity contribution in [2.24, 2.45) is 0 Å². The molecule has 2 heterocycles. The van der Waals surface area contributed by atoms with E-state index in [1.807, 2.05) is 6.92 Å². The molecule has 0 spiro atoms. The molecule has 4 heteroatoms. The number of aryl methyl sites for hydroxylation is 1. The van der Waals surface area contributed by atoms with E-state index >= 15 is 0 Å². The number of fused-ring (bicyclic) bond motifs is 1. The van der Waals surface area contributed by atoms with Gasteiger partial charge in [0.2, 0.25) is 0 Å². The molecule has 0 aromatic carbocycles. The highest BCUT2D eigenvalue weighted by atomic mass is 15.3. The van der Waals surface area contributed by atoms with E-state index in [0.29, 0.717) is 6.04 Å². The first-order valence-corrected chi connectivity index (χ1v) is 4.96. The van der Waals surface area contributed by atoms with Crippen molar-refractivity contribution in [2.75, 3.05) is 6.54 Å². The van der Waals surface area contributed by atoms with Crippen LogP contribution in [0.3, 0.4) is 0 Å². The summed E-state index contributed by atoms with van der Waals surface area (Å²) in [7, 11) is 0. The lowest BCUT2D eigenvalue weighted by Crippen LogP contribution is -2.33. The molecular weight excluding hydrogens is 164 g/mol. The van der Waals surface area contributed by atoms with Crippen molar-refractivity contribution in [3.63, 3.8) is 0 Å². The Hall–Kier alpha value is -0.900. The highest BCUT2D eigenvalue weighted by Crippen LogP contribution is 2.20. The summed E-state index contributed by atoms with van der Waals surface area (Å²) < 4.78 is 2.22. The normalized spacial score (nSPS) is 21.5. The lowest BCUT2D eigenvalue weighted by atomic mass is 10.1. The van der Waals surface area contributed by atoms with Gasteiger partial charge in [0.1, 0.15) is 11.6 Å². The maximum atomic E-state index is 4.21. The Kier molecular flexibility index (Phi) is 2.31. The smallest absolute Gasteiger partial charge is 0.150 e. The van der Waals surface area contributed by atoms with Gasteiger partial charge in [0.05, 0.1) is 6.04 Å². The maximum absolute atomic E-state index is 4.21. The van der Waals surface area contributed by atoms with Crippen molar-refractivity contribution in [3.8, 4) is 0 Å². The molecule has 0 aliphatic carbocycles. The molecule has 1 N–H and O–H groups in total. The second kappa shape index (κ2) is 3.46. The van der Waals surface area contributed by atoms with Crippen molar-refractivity contribution in [3.05, 3.63) is 11.6 Å². The maximum Gasteiger partial charge on any atom is 0.150 e. The second-order valence-electron chi connectivity index (χ2n) is 3.55. The molecule has 0 saturated heterocycles. The summed E-state index contributed by atoms with van der Waals surface area (Å²) in [6.07, 6.45) is 2.34. The van der Waals surface area contributed by atoms with Gasteiger partial charge in [0.25, 0.3) is 0 Å². The highest BCUT2D eigenvalue weighted by Gasteiger charge is 2.22. The summed E-state index contributed by atoms with van der Waals surface area (Å²) in [5.74, 6) is 2.16. The van der Waals surface area contributed by atoms with Crippen LogP contribution in [-0.4, -0.2) is 21.3 Å². The summed E-state index contributed by atoms with van der Waals surface area (Å²) in [4.78, 5) is 0. The molecule has 72 valence electrons. The van der Waals surface area contributed by atoms with Crippen LogP contribution in [0.4, 0.5) is 0 Å². The Labute approximate surface area is 78.4 Å². The van der Waals surface area contributed by atoms with E-state index in [-0.39, 0.29) is 0 Å². The molecule has 1 atom stereocenters. The van der Waals surface area contributed by atoms with Gasteiger partial charge in [0, 0.05) is 13.1 Å². The summed E-state index contributed by atoms with van der Waals surface area (Å²) in [6.45, 7) is 6.26. The minimum atomic E-state index is 0.417. The van der Waals surface area contributed by atoms with Crippen molar-refractivity contribution < 1.29 is 0 Å². The molecule has 0 saturated carbocycles. The van der Waals surface area contributed by atoms with Crippen LogP contribution in [-0.2, 0) is 6.54 Å². The van der Waals surface area contributed by atoms with Gasteiger partial charge in [-0.3, -0.25) is 0 Å². The van der Waals surface area contributed by atoms with E-state index < -0.39 is 0 Å². The van der Waals surface area contributed by atoms with Crippen LogP contribution in [0.2, 0.25) is 0 Å². The molecule has 1 aliphatic heterocycles. The lowest BCUT2D eigenvalue weighted by Gasteiger charge is -2.24. The molecule has 4 nitrogen and oxygen atoms in total. The Bertz CT molecular complexity index is 292. The minimum Gasteiger partial charge on any atom is -0.313 e. The van der Waals surface area contributed by atoms with E-state index in [4.69, 9.17) is 0 Å². The first kappa shape index (κ1) is 8.69. The Balaban J connectivity index is 2.27. The Morgan fingerprint density at radius 1 is 1.54 bits per heavy atom. The van der Waals surface area contributed by atoms with Gasteiger partial charge in [-0.1, -0.05) is 13.3 Å². The van der Waals surface area contributed by atoms with Crippen LogP contribution < -0.4 is 5.32 Å². The Morgan fingerprint density at radius 3 is 3.15 bits per heavy atom. The highest BCUT2D eigenvalue weighted by molar-refractivity contribution is 5.03. The zero-order valence-electron chi connectivity index (χ0n) is 8.25. The average Bonchev–Trinajstić information content (AvgIpc) is 2.50. The number of aromatic nitrogens is 3. The van der Waals surface area contributed by atoms with Crippen LogP contribution in [0.5, 0.6) is 0 Å². The minimum absolute atomic E-state index is 0.417. The van der Waals surface area contributed by atoms with Crippen LogP contribution in [0.1, 0.15) is 37.5 Å². The van der Waals surface area contributed by atoms with Gasteiger partial charge in [-0.25, -0.2) is 0 Å². The molecule has 2 rings (SSSR count). The van der Waals surface area contributed by atoms with Crippen LogP contribution in [0.25, 0.3) is 0 Å². The van der Waals surface area contributed by atoms with Crippen LogP contribution >= 0.6 is 0 Å². The predicted molar refractivity (Wildman–Crippen MR) is 50.4 cm³/mol. The molecule has 0 bridgehead atoms. The average molecular weight is 180 g/mol. The van der Waals surface area contributed by atoms with Crippen molar-refractivity contribution >= 4 is 0 Å². The number of hydrogen-bond donors (Lipinski definition) is 1. The number of hydrogen-bond acceptors (Lipinski definition) is 3. The third kappa shape index (κ3) is 1.46. The molecule has 1 aliphatic rings. The quantitative estimate of drug-likeness (QED) is 0.739. The molecule has 0 radical (unpaired) electrons. The van der Waals surface area contributed by atoms with Gasteiger partial charge >= 0.3 is 0 Å². The Morgan fingerprint density at radius 2 is 2.38 bits per heavy atom. The molecule has 13 heavy (non-hydrogen) atoms. The third-order valence-corrected chi connectivity index (χ3v) is 2.58. The second-order valence-corrected chi connectivity index (χ2v) is 3.55. The number of nitrogens with one attached hydrogen (secondary N) is 1. The van der Waals surface area contributed by atoms with E-state index in [1.165, 1.54) is 6.42 Å². The van der Waals surface area contributed by atoms with Gasteiger partial charge < -0.3 is 9.88 Å². The summed E-state index contributed by atoms with van der Waals surface area (Å²) in [5, 5.41) is 11.8. The van der Waals surface area contributed by atoms with Crippen molar-refractivity contribution in [1.29, 1.82) is 0 Å². The SMILES string of the molecule is CCCC1NCCn2c(C)nnc21. The van der Waals surface area contributed by atoms with Gasteiger partial charge in [-0.05, 0) is 13.3 Å². The first-order chi connectivity index (χ1) is 6.33. The molecular formula is C9H16N4. The van der Waals surface area contributed by atoms with Crippen molar-refractivity contribution in [2.45, 2.75) is 39.3 Å². The fourth-order valence-corrected chi connectivity index (χ4v) is 1.89. The summed E-state index contributed by atoms with van der Waals surface area (Å²) in [5.41, 5.74) is 0. The first-order valence-electron chi connectivity index (χ1n) is 4.96. The fraction of sp³-hybridized carbons (Fsp3) is 0.778. The fourth-order valence-electron chi connectivity index (χ4n) is 1.89. The van der Waals surface area contributed by atoms with E-state index in [2.05, 4.69) is 27.0 Å². The molecule has 0 amide bonds. The van der Waals surface area contributed by atoms with Gasteiger partial charge in [-0.15, -0.1) is 10.2 Å². The summed E-state index contributed by atoms with van der Waals surface area (Å²) in [6, 6.07) is 0.417. The monoisotopic (exact) mass is 180 g/mol. The predicted octanol–water partition coefficient (Wildman–Crippen LogP) is 1.03. The van der Waals surface area contributed by atoms with Crippen LogP contribution in [0.15, 0.2) is 0 Å². The molecule has 1 aromatic rings. The summed E-state index contributed by atoms with van der Waals surface area (Å²) >= 11 is 0. The van der Waals surface area contributed by atoms with Gasteiger partial charge in [0.15, 0.2) is 0 Å². The third-order valence-electron chi connectivity index (χ3n) is 2.58. The van der Waals surface area contributed by atoms with Crippen LogP contribution in [0, 0.1) is 6.92 Å². The topological polar surface area (TPSA) is 42.7 Å². The zero-order valence-corrected chi connectivity index (χ0v) is 8.25. The molecule has 1 aromatic heterocycles. The number of rotatable bonds is 2. The standard InChI is InChI=1S/C9H16N4/c1-3-4-8-9-12-11-7(2)13(9)6-5-10-8/h8,10H,3-6H2,1-2H3. The molecule has 1 unspecified atom stereocenters. The van der Waals surface area contributed by atoms with Gasteiger partial charge in [-0.2, -0.15) is 0 Å². The number of nitrogens with zero attached hydrogens (tertiary/aromatic N) is 3. The van der Waals surface area contributed by atoms with E-state index in [0.717, 1.165) is 31.2 Å². The van der Waals surface area contributed by atoms with Crippen molar-refractivity contribution in [1.82, 2.24) is 20.1 Å². The van der Waals surface area contributed by atoms with E-state index in [9.17, 15) is 0 Å². The zero-order chi connectivity index (χ0) is 9.26. The van der Waals surface area contributed by atoms with E-state index in [1.54, 1.807) is 0 Å².